The van der Waals surface area contributed by atoms with Crippen LogP contribution in [0.15, 0.2) is 0 Å². The molecule has 0 N–H and O–H groups in total. The lowest BCUT2D eigenvalue weighted by Crippen LogP contribution is -2.09. The summed E-state index contributed by atoms with van der Waals surface area (Å²) in [7, 11) is 0. The molecule has 0 saturated carbocycles. The van der Waals surface area contributed by atoms with E-state index in [1.54, 1.807) is 0 Å². The zero-order valence-electron chi connectivity index (χ0n) is 7.41. The number of ether oxygens (including phenoxy) is 2. The molecule has 0 aliphatic heterocycles. The Morgan fingerprint density at radius 3 is 2.83 bits per heavy atom. The van der Waals surface area contributed by atoms with E-state index in [-0.39, 0.29) is 12.8 Å². The summed E-state index contributed by atoms with van der Waals surface area (Å²) in [5.41, 5.74) is 0. The Hall–Kier alpha value is -0.220. The van der Waals surface area contributed by atoms with Gasteiger partial charge in [-0.1, -0.05) is 13.3 Å². The average molecular weight is 192 g/mol. The highest BCUT2D eigenvalue weighted by Crippen LogP contribution is 1.91. The first-order valence-corrected chi connectivity index (χ1v) is 4.78. The van der Waals surface area contributed by atoms with Crippen molar-refractivity contribution in [2.45, 2.75) is 26.2 Å². The number of rotatable bonds is 7. The van der Waals surface area contributed by atoms with Crippen molar-refractivity contribution >= 4 is 18.6 Å². The van der Waals surface area contributed by atoms with E-state index >= 15 is 0 Å². The zero-order chi connectivity index (χ0) is 9.23. The normalized spacial score (nSPS) is 9.83. The van der Waals surface area contributed by atoms with Crippen LogP contribution in [0.1, 0.15) is 26.2 Å². The number of unbranched alkanes of at least 4 members (excludes halogenated alkanes) is 1. The Morgan fingerprint density at radius 1 is 1.50 bits per heavy atom. The Morgan fingerprint density at radius 2 is 2.25 bits per heavy atom. The summed E-state index contributed by atoms with van der Waals surface area (Å²) in [4.78, 5) is 10.7. The molecule has 0 rings (SSSR count). The number of carbonyl (C=O) groups is 1. The van der Waals surface area contributed by atoms with Crippen LogP contribution in [0.4, 0.5) is 0 Å². The van der Waals surface area contributed by atoms with E-state index in [0.717, 1.165) is 12.8 Å². The van der Waals surface area contributed by atoms with Crippen molar-refractivity contribution in [1.82, 2.24) is 0 Å². The SMILES string of the molecule is CCCCOCOC(=O)CCS. The van der Waals surface area contributed by atoms with Crippen LogP contribution in [0.2, 0.25) is 0 Å². The van der Waals surface area contributed by atoms with Gasteiger partial charge < -0.3 is 9.47 Å². The molecule has 0 aromatic rings. The third kappa shape index (κ3) is 7.88. The van der Waals surface area contributed by atoms with Gasteiger partial charge in [0.05, 0.1) is 13.0 Å². The minimum Gasteiger partial charge on any atom is -0.438 e. The molecule has 0 radical (unpaired) electrons. The van der Waals surface area contributed by atoms with E-state index in [1.807, 2.05) is 0 Å². The zero-order valence-corrected chi connectivity index (χ0v) is 8.31. The molecule has 0 bridgehead atoms. The van der Waals surface area contributed by atoms with Gasteiger partial charge in [0.15, 0.2) is 6.79 Å². The van der Waals surface area contributed by atoms with E-state index in [1.165, 1.54) is 0 Å². The van der Waals surface area contributed by atoms with E-state index < -0.39 is 0 Å². The molecule has 0 fully saturated rings. The highest BCUT2D eigenvalue weighted by molar-refractivity contribution is 7.80. The maximum Gasteiger partial charge on any atom is 0.308 e. The molecule has 0 aliphatic carbocycles. The fraction of sp³-hybridized carbons (Fsp3) is 0.875. The van der Waals surface area contributed by atoms with Gasteiger partial charge in [0.25, 0.3) is 0 Å². The molecule has 0 aromatic carbocycles. The summed E-state index contributed by atoms with van der Waals surface area (Å²) in [6.07, 6.45) is 2.44. The first kappa shape index (κ1) is 11.8. The fourth-order valence-electron chi connectivity index (χ4n) is 0.576. The average Bonchev–Trinajstić information content (AvgIpc) is 2.05. The van der Waals surface area contributed by atoms with Crippen LogP contribution in [0.5, 0.6) is 0 Å². The Kier molecular flexibility index (Phi) is 8.71. The lowest BCUT2D eigenvalue weighted by Gasteiger charge is -2.03. The monoisotopic (exact) mass is 192 g/mol. The Labute approximate surface area is 78.8 Å². The molecule has 0 unspecified atom stereocenters. The van der Waals surface area contributed by atoms with Crippen molar-refractivity contribution in [3.05, 3.63) is 0 Å². The van der Waals surface area contributed by atoms with Crippen molar-refractivity contribution in [1.29, 1.82) is 0 Å². The van der Waals surface area contributed by atoms with Crippen molar-refractivity contribution in [2.24, 2.45) is 0 Å². The predicted octanol–water partition coefficient (Wildman–Crippen LogP) is 1.62. The van der Waals surface area contributed by atoms with Crippen molar-refractivity contribution in [3.8, 4) is 0 Å². The van der Waals surface area contributed by atoms with Crippen molar-refractivity contribution in [3.63, 3.8) is 0 Å². The minimum atomic E-state index is -0.249. The van der Waals surface area contributed by atoms with Gasteiger partial charge in [-0.2, -0.15) is 12.6 Å². The van der Waals surface area contributed by atoms with E-state index in [0.29, 0.717) is 18.8 Å². The molecule has 0 aromatic heterocycles. The second-order valence-corrected chi connectivity index (χ2v) is 2.82. The summed E-state index contributed by atoms with van der Waals surface area (Å²) in [5.74, 6) is 0.273. The number of thiol groups is 1. The number of carbonyl (C=O) groups excluding carboxylic acids is 1. The highest BCUT2D eigenvalue weighted by atomic mass is 32.1. The molecule has 0 atom stereocenters. The molecule has 4 heteroatoms. The topological polar surface area (TPSA) is 35.5 Å². The van der Waals surface area contributed by atoms with Crippen LogP contribution in [0.3, 0.4) is 0 Å². The molecule has 0 heterocycles. The molecule has 0 amide bonds. The van der Waals surface area contributed by atoms with Gasteiger partial charge in [-0.25, -0.2) is 0 Å². The van der Waals surface area contributed by atoms with Crippen molar-refractivity contribution in [2.75, 3.05) is 19.2 Å². The largest absolute Gasteiger partial charge is 0.438 e. The van der Waals surface area contributed by atoms with Crippen molar-refractivity contribution < 1.29 is 14.3 Å². The summed E-state index contributed by atoms with van der Waals surface area (Å²) in [5, 5.41) is 0. The van der Waals surface area contributed by atoms with Gasteiger partial charge in [0.1, 0.15) is 0 Å². The number of hydrogen-bond acceptors (Lipinski definition) is 4. The van der Waals surface area contributed by atoms with Crippen LogP contribution >= 0.6 is 12.6 Å². The highest BCUT2D eigenvalue weighted by Gasteiger charge is 1.99. The molecule has 0 spiro atoms. The van der Waals surface area contributed by atoms with Gasteiger partial charge in [-0.3, -0.25) is 4.79 Å². The molecule has 0 saturated heterocycles. The first-order chi connectivity index (χ1) is 5.81. The standard InChI is InChI=1S/C8H16O3S/c1-2-3-5-10-7-11-8(9)4-6-12/h12H,2-7H2,1H3. The van der Waals surface area contributed by atoms with E-state index in [9.17, 15) is 4.79 Å². The second-order valence-electron chi connectivity index (χ2n) is 2.37. The van der Waals surface area contributed by atoms with E-state index in [4.69, 9.17) is 9.47 Å². The van der Waals surface area contributed by atoms with E-state index in [2.05, 4.69) is 19.6 Å². The third-order valence-electron chi connectivity index (χ3n) is 1.26. The molecule has 3 nitrogen and oxygen atoms in total. The van der Waals surface area contributed by atoms with Crippen LogP contribution in [-0.2, 0) is 14.3 Å². The summed E-state index contributed by atoms with van der Waals surface area (Å²) in [6.45, 7) is 2.81. The van der Waals surface area contributed by atoms with Gasteiger partial charge in [-0.05, 0) is 6.42 Å². The molecule has 0 aliphatic rings. The van der Waals surface area contributed by atoms with Crippen LogP contribution in [0.25, 0.3) is 0 Å². The fourth-order valence-corrected chi connectivity index (χ4v) is 0.759. The summed E-state index contributed by atoms with van der Waals surface area (Å²) in [6, 6.07) is 0. The predicted molar refractivity (Wildman–Crippen MR) is 50.3 cm³/mol. The summed E-state index contributed by atoms with van der Waals surface area (Å²) >= 11 is 3.90. The lowest BCUT2D eigenvalue weighted by atomic mass is 10.4. The molecular formula is C8H16O3S. The van der Waals surface area contributed by atoms with Crippen LogP contribution in [-0.4, -0.2) is 25.1 Å². The maximum absolute atomic E-state index is 10.7. The smallest absolute Gasteiger partial charge is 0.308 e. The van der Waals surface area contributed by atoms with Crippen LogP contribution in [0, 0.1) is 0 Å². The number of esters is 1. The quantitative estimate of drug-likeness (QED) is 0.288. The van der Waals surface area contributed by atoms with Gasteiger partial charge in [0, 0.05) is 5.75 Å². The van der Waals surface area contributed by atoms with Gasteiger partial charge in [0.2, 0.25) is 0 Å². The Bertz CT molecular complexity index is 117. The first-order valence-electron chi connectivity index (χ1n) is 4.15. The van der Waals surface area contributed by atoms with Crippen LogP contribution < -0.4 is 0 Å². The molecular weight excluding hydrogens is 176 g/mol. The molecule has 12 heavy (non-hydrogen) atoms. The minimum absolute atomic E-state index is 0.0760. The van der Waals surface area contributed by atoms with Gasteiger partial charge in [-0.15, -0.1) is 0 Å². The third-order valence-corrected chi connectivity index (χ3v) is 1.49. The Balaban J connectivity index is 3.03. The van der Waals surface area contributed by atoms with Gasteiger partial charge >= 0.3 is 5.97 Å². The second kappa shape index (κ2) is 8.87. The lowest BCUT2D eigenvalue weighted by molar-refractivity contribution is -0.155. The molecule has 72 valence electrons. The number of hydrogen-bond donors (Lipinski definition) is 1. The maximum atomic E-state index is 10.7. The summed E-state index contributed by atoms with van der Waals surface area (Å²) < 4.78 is 9.74.